The number of likely N-dealkylation sites (tertiary alicyclic amines) is 1. The highest BCUT2D eigenvalue weighted by Gasteiger charge is 2.09. The van der Waals surface area contributed by atoms with Crippen LogP contribution in [0.2, 0.25) is 0 Å². The summed E-state index contributed by atoms with van der Waals surface area (Å²) in [7, 11) is 0. The van der Waals surface area contributed by atoms with Gasteiger partial charge in [-0.3, -0.25) is 4.79 Å². The highest BCUT2D eigenvalue weighted by atomic mass is 16.1. The summed E-state index contributed by atoms with van der Waals surface area (Å²) in [6.45, 7) is 4.27. The fourth-order valence-corrected chi connectivity index (χ4v) is 2.41. The van der Waals surface area contributed by atoms with E-state index in [4.69, 9.17) is 11.5 Å². The van der Waals surface area contributed by atoms with Crippen LogP contribution in [-0.4, -0.2) is 37.0 Å². The Bertz CT molecular complexity index is 441. The molecule has 0 saturated carbocycles. The Balaban J connectivity index is 1.83. The van der Waals surface area contributed by atoms with Gasteiger partial charge >= 0.3 is 0 Å². The summed E-state index contributed by atoms with van der Waals surface area (Å²) in [6.07, 6.45) is 3.95. The number of nitrogens with two attached hydrogens (primary N) is 2. The lowest BCUT2D eigenvalue weighted by Crippen LogP contribution is -2.33. The Kier molecular flexibility index (Phi) is 4.63. The molecule has 1 amide bonds. The van der Waals surface area contributed by atoms with Crippen molar-refractivity contribution >= 4 is 17.3 Å². The maximum absolute atomic E-state index is 11.0. The number of benzene rings is 1. The van der Waals surface area contributed by atoms with E-state index < -0.39 is 5.91 Å². The van der Waals surface area contributed by atoms with E-state index >= 15 is 0 Å². The summed E-state index contributed by atoms with van der Waals surface area (Å²) in [5.74, 6) is -0.452. The predicted molar refractivity (Wildman–Crippen MR) is 78.2 cm³/mol. The fraction of sp³-hybridized carbons (Fsp3) is 0.500. The average molecular weight is 262 g/mol. The van der Waals surface area contributed by atoms with Crippen LogP contribution in [-0.2, 0) is 0 Å². The molecule has 19 heavy (non-hydrogen) atoms. The zero-order valence-electron chi connectivity index (χ0n) is 11.2. The van der Waals surface area contributed by atoms with Crippen molar-refractivity contribution in [2.45, 2.75) is 19.3 Å². The Labute approximate surface area is 113 Å². The average Bonchev–Trinajstić information content (AvgIpc) is 2.41. The molecule has 0 spiro atoms. The number of hydrogen-bond donors (Lipinski definition) is 3. The predicted octanol–water partition coefficient (Wildman–Crippen LogP) is 1.27. The third kappa shape index (κ3) is 3.86. The molecule has 0 aromatic heterocycles. The van der Waals surface area contributed by atoms with Gasteiger partial charge in [-0.15, -0.1) is 0 Å². The molecule has 1 aliphatic heterocycles. The zero-order valence-corrected chi connectivity index (χ0v) is 11.2. The monoisotopic (exact) mass is 262 g/mol. The number of carbonyl (C=O) groups is 1. The van der Waals surface area contributed by atoms with E-state index in [0.29, 0.717) is 11.3 Å². The summed E-state index contributed by atoms with van der Waals surface area (Å²) >= 11 is 0. The van der Waals surface area contributed by atoms with Gasteiger partial charge < -0.3 is 21.7 Å². The second-order valence-electron chi connectivity index (χ2n) is 5.00. The van der Waals surface area contributed by atoms with E-state index in [1.54, 1.807) is 12.1 Å². The first-order chi connectivity index (χ1) is 9.16. The number of amides is 1. The second kappa shape index (κ2) is 6.43. The molecule has 0 aliphatic carbocycles. The molecule has 1 fully saturated rings. The summed E-state index contributed by atoms with van der Waals surface area (Å²) in [5.41, 5.74) is 13.0. The molecule has 0 bridgehead atoms. The minimum absolute atomic E-state index is 0.444. The number of nitrogens with zero attached hydrogens (tertiary/aromatic N) is 1. The first-order valence-corrected chi connectivity index (χ1v) is 6.82. The molecule has 1 aromatic carbocycles. The molecule has 1 aromatic rings. The minimum atomic E-state index is -0.452. The number of nitrogen functional groups attached to an aromatic ring is 1. The lowest BCUT2D eigenvalue weighted by Gasteiger charge is -2.26. The van der Waals surface area contributed by atoms with Crippen LogP contribution in [0.1, 0.15) is 29.6 Å². The van der Waals surface area contributed by atoms with Gasteiger partial charge in [0.05, 0.1) is 11.4 Å². The lowest BCUT2D eigenvalue weighted by molar-refractivity contribution is 0.100. The van der Waals surface area contributed by atoms with Crippen LogP contribution < -0.4 is 16.8 Å². The molecule has 5 heteroatoms. The highest BCUT2D eigenvalue weighted by molar-refractivity contribution is 5.94. The number of carbonyl (C=O) groups excluding carboxylic acids is 1. The lowest BCUT2D eigenvalue weighted by atomic mass is 10.1. The van der Waals surface area contributed by atoms with Gasteiger partial charge in [0.15, 0.2) is 0 Å². The largest absolute Gasteiger partial charge is 0.397 e. The zero-order chi connectivity index (χ0) is 13.7. The molecule has 5 N–H and O–H groups in total. The van der Waals surface area contributed by atoms with Gasteiger partial charge in [0.2, 0.25) is 5.91 Å². The number of anilines is 2. The van der Waals surface area contributed by atoms with Gasteiger partial charge in [0.25, 0.3) is 0 Å². The third-order valence-corrected chi connectivity index (χ3v) is 3.53. The van der Waals surface area contributed by atoms with Crippen molar-refractivity contribution in [3.63, 3.8) is 0 Å². The molecular formula is C14H22N4O. The van der Waals surface area contributed by atoms with Gasteiger partial charge in [-0.05, 0) is 44.1 Å². The SMILES string of the molecule is NC(=O)c1ccc(NCCN2CCCCC2)c(N)c1. The Hall–Kier alpha value is -1.75. The number of hydrogen-bond acceptors (Lipinski definition) is 4. The molecule has 0 radical (unpaired) electrons. The first-order valence-electron chi connectivity index (χ1n) is 6.82. The van der Waals surface area contributed by atoms with Gasteiger partial charge in [-0.25, -0.2) is 0 Å². The van der Waals surface area contributed by atoms with E-state index in [1.807, 2.05) is 6.07 Å². The quantitative estimate of drug-likeness (QED) is 0.698. The maximum Gasteiger partial charge on any atom is 0.248 e. The molecule has 2 rings (SSSR count). The van der Waals surface area contributed by atoms with Gasteiger partial charge in [-0.1, -0.05) is 6.42 Å². The van der Waals surface area contributed by atoms with Crippen molar-refractivity contribution < 1.29 is 4.79 Å². The molecule has 5 nitrogen and oxygen atoms in total. The summed E-state index contributed by atoms with van der Waals surface area (Å²) in [4.78, 5) is 13.5. The summed E-state index contributed by atoms with van der Waals surface area (Å²) < 4.78 is 0. The van der Waals surface area contributed by atoms with Crippen molar-refractivity contribution in [3.8, 4) is 0 Å². The van der Waals surface area contributed by atoms with E-state index in [-0.39, 0.29) is 0 Å². The van der Waals surface area contributed by atoms with E-state index in [0.717, 1.165) is 18.8 Å². The van der Waals surface area contributed by atoms with Crippen LogP contribution in [0.25, 0.3) is 0 Å². The molecule has 1 aliphatic rings. The van der Waals surface area contributed by atoms with E-state index in [9.17, 15) is 4.79 Å². The number of primary amides is 1. The molecule has 0 atom stereocenters. The van der Waals surface area contributed by atoms with Crippen molar-refractivity contribution in [3.05, 3.63) is 23.8 Å². The molecule has 1 saturated heterocycles. The minimum Gasteiger partial charge on any atom is -0.397 e. The third-order valence-electron chi connectivity index (χ3n) is 3.53. The summed E-state index contributed by atoms with van der Waals surface area (Å²) in [5, 5.41) is 3.31. The Morgan fingerprint density at radius 1 is 1.26 bits per heavy atom. The highest BCUT2D eigenvalue weighted by Crippen LogP contribution is 2.19. The van der Waals surface area contributed by atoms with E-state index in [1.165, 1.54) is 32.4 Å². The topological polar surface area (TPSA) is 84.4 Å². The van der Waals surface area contributed by atoms with Crippen LogP contribution >= 0.6 is 0 Å². The van der Waals surface area contributed by atoms with Crippen LogP contribution in [0.3, 0.4) is 0 Å². The standard InChI is InChI=1S/C14H22N4O/c15-12-10-11(14(16)19)4-5-13(12)17-6-9-18-7-2-1-3-8-18/h4-5,10,17H,1-3,6-9,15H2,(H2,16,19). The normalized spacial score (nSPS) is 16.2. The first kappa shape index (κ1) is 13.7. The van der Waals surface area contributed by atoms with E-state index in [2.05, 4.69) is 10.2 Å². The molecule has 104 valence electrons. The summed E-state index contributed by atoms with van der Waals surface area (Å²) in [6, 6.07) is 5.12. The van der Waals surface area contributed by atoms with Crippen molar-refractivity contribution in [1.29, 1.82) is 0 Å². The van der Waals surface area contributed by atoms with Crippen LogP contribution in [0.5, 0.6) is 0 Å². The van der Waals surface area contributed by atoms with Gasteiger partial charge in [-0.2, -0.15) is 0 Å². The number of rotatable bonds is 5. The molecule has 1 heterocycles. The fourth-order valence-electron chi connectivity index (χ4n) is 2.41. The van der Waals surface area contributed by atoms with Crippen molar-refractivity contribution in [2.75, 3.05) is 37.2 Å². The Morgan fingerprint density at radius 3 is 2.63 bits per heavy atom. The number of nitrogens with one attached hydrogen (secondary N) is 1. The second-order valence-corrected chi connectivity index (χ2v) is 5.00. The van der Waals surface area contributed by atoms with Crippen LogP contribution in [0.4, 0.5) is 11.4 Å². The van der Waals surface area contributed by atoms with Crippen LogP contribution in [0, 0.1) is 0 Å². The van der Waals surface area contributed by atoms with Gasteiger partial charge in [0.1, 0.15) is 0 Å². The van der Waals surface area contributed by atoms with Crippen molar-refractivity contribution in [1.82, 2.24) is 4.90 Å². The van der Waals surface area contributed by atoms with Gasteiger partial charge in [0, 0.05) is 18.7 Å². The smallest absolute Gasteiger partial charge is 0.248 e. The molecular weight excluding hydrogens is 240 g/mol. The number of piperidine rings is 1. The van der Waals surface area contributed by atoms with Crippen LogP contribution in [0.15, 0.2) is 18.2 Å². The van der Waals surface area contributed by atoms with Crippen molar-refractivity contribution in [2.24, 2.45) is 5.73 Å². The maximum atomic E-state index is 11.0. The molecule has 0 unspecified atom stereocenters. The Morgan fingerprint density at radius 2 is 2.00 bits per heavy atom.